The number of nitrogens with two attached hydrogens (primary N) is 1. The van der Waals surface area contributed by atoms with Crippen molar-refractivity contribution < 1.29 is 0 Å². The van der Waals surface area contributed by atoms with Gasteiger partial charge in [-0.1, -0.05) is 46.0 Å². The molecule has 80 valence electrons. The summed E-state index contributed by atoms with van der Waals surface area (Å²) < 4.78 is 0. The van der Waals surface area contributed by atoms with Crippen LogP contribution in [0.2, 0.25) is 0 Å². The van der Waals surface area contributed by atoms with Gasteiger partial charge in [0.2, 0.25) is 0 Å². The number of hydrogen-bond acceptors (Lipinski definition) is 2. The molecule has 1 saturated carbocycles. The van der Waals surface area contributed by atoms with Gasteiger partial charge >= 0.3 is 0 Å². The molecule has 13 heavy (non-hydrogen) atoms. The third kappa shape index (κ3) is 8.26. The second kappa shape index (κ2) is 7.34. The molecule has 0 bridgehead atoms. The summed E-state index contributed by atoms with van der Waals surface area (Å²) in [6.45, 7) is 4.83. The molecular formula is C11H26N2. The van der Waals surface area contributed by atoms with E-state index in [0.29, 0.717) is 5.41 Å². The van der Waals surface area contributed by atoms with Crippen molar-refractivity contribution in [3.8, 4) is 0 Å². The summed E-state index contributed by atoms with van der Waals surface area (Å²) in [6, 6.07) is 0. The van der Waals surface area contributed by atoms with E-state index in [1.54, 1.807) is 7.05 Å². The molecule has 2 heteroatoms. The average molecular weight is 186 g/mol. The van der Waals surface area contributed by atoms with E-state index in [4.69, 9.17) is 0 Å². The first kappa shape index (κ1) is 12.9. The van der Waals surface area contributed by atoms with E-state index in [0.717, 1.165) is 0 Å². The van der Waals surface area contributed by atoms with Gasteiger partial charge in [0.1, 0.15) is 0 Å². The first-order valence-corrected chi connectivity index (χ1v) is 5.50. The van der Waals surface area contributed by atoms with Crippen LogP contribution in [0.15, 0.2) is 0 Å². The van der Waals surface area contributed by atoms with Gasteiger partial charge in [-0.15, -0.1) is 0 Å². The van der Waals surface area contributed by atoms with Gasteiger partial charge in [0.25, 0.3) is 0 Å². The minimum absolute atomic E-state index is 0.653. The Morgan fingerprint density at radius 3 is 1.62 bits per heavy atom. The van der Waals surface area contributed by atoms with Crippen molar-refractivity contribution in [1.29, 1.82) is 0 Å². The fraction of sp³-hybridized carbons (Fsp3) is 1.00. The zero-order valence-corrected chi connectivity index (χ0v) is 9.53. The van der Waals surface area contributed by atoms with E-state index >= 15 is 0 Å². The third-order valence-corrected chi connectivity index (χ3v) is 2.71. The largest absolute Gasteiger partial charge is 0.272 e. The Labute approximate surface area is 83.2 Å². The van der Waals surface area contributed by atoms with Crippen LogP contribution < -0.4 is 11.3 Å². The summed E-state index contributed by atoms with van der Waals surface area (Å²) in [4.78, 5) is 0. The Hall–Kier alpha value is -0.0800. The molecule has 0 aromatic carbocycles. The lowest BCUT2D eigenvalue weighted by atomic mass is 9.80. The molecule has 1 aliphatic carbocycles. The van der Waals surface area contributed by atoms with Crippen molar-refractivity contribution >= 4 is 0 Å². The summed E-state index contributed by atoms with van der Waals surface area (Å²) in [7, 11) is 1.65. The van der Waals surface area contributed by atoms with E-state index in [2.05, 4.69) is 25.1 Å². The molecule has 0 atom stereocenters. The lowest BCUT2D eigenvalue weighted by Crippen LogP contribution is -2.13. The van der Waals surface area contributed by atoms with Crippen molar-refractivity contribution in [3.05, 3.63) is 0 Å². The minimum Gasteiger partial charge on any atom is -0.272 e. The van der Waals surface area contributed by atoms with Gasteiger partial charge in [-0.25, -0.2) is 0 Å². The topological polar surface area (TPSA) is 38.0 Å². The second-order valence-electron chi connectivity index (χ2n) is 4.72. The van der Waals surface area contributed by atoms with Gasteiger partial charge in [-0.05, 0) is 25.3 Å². The van der Waals surface area contributed by atoms with Crippen LogP contribution in [0.25, 0.3) is 0 Å². The first-order chi connectivity index (χ1) is 6.12. The Balaban J connectivity index is 0.000000424. The standard InChI is InChI=1S/C10H20.CH6N2/c1-10(2)8-6-4-3-5-7-9-10;1-3-2/h3-9H2,1-2H3;3H,2H2,1H3. The second-order valence-corrected chi connectivity index (χ2v) is 4.72. The van der Waals surface area contributed by atoms with Gasteiger partial charge < -0.3 is 0 Å². The molecule has 0 amide bonds. The summed E-state index contributed by atoms with van der Waals surface area (Å²) in [5, 5.41) is 0. The van der Waals surface area contributed by atoms with Crippen molar-refractivity contribution in [2.45, 2.75) is 58.8 Å². The molecule has 0 heterocycles. The number of nitrogens with one attached hydrogen (secondary N) is 1. The van der Waals surface area contributed by atoms with E-state index in [-0.39, 0.29) is 0 Å². The molecule has 0 aromatic rings. The Morgan fingerprint density at radius 1 is 0.923 bits per heavy atom. The van der Waals surface area contributed by atoms with Crippen LogP contribution in [0.4, 0.5) is 0 Å². The van der Waals surface area contributed by atoms with Crippen LogP contribution in [0.1, 0.15) is 58.8 Å². The molecule has 1 rings (SSSR count). The lowest BCUT2D eigenvalue weighted by molar-refractivity contribution is 0.266. The molecule has 0 radical (unpaired) electrons. The fourth-order valence-corrected chi connectivity index (χ4v) is 1.86. The quantitative estimate of drug-likeness (QED) is 0.451. The van der Waals surface area contributed by atoms with E-state index in [1.165, 1.54) is 44.9 Å². The van der Waals surface area contributed by atoms with Gasteiger partial charge in [-0.3, -0.25) is 11.3 Å². The highest BCUT2D eigenvalue weighted by Crippen LogP contribution is 2.32. The highest BCUT2D eigenvalue weighted by Gasteiger charge is 2.17. The third-order valence-electron chi connectivity index (χ3n) is 2.71. The van der Waals surface area contributed by atoms with Crippen LogP contribution >= 0.6 is 0 Å². The normalized spacial score (nSPS) is 22.2. The summed E-state index contributed by atoms with van der Waals surface area (Å²) in [5.74, 6) is 4.60. The summed E-state index contributed by atoms with van der Waals surface area (Å²) in [5.41, 5.74) is 2.90. The van der Waals surface area contributed by atoms with Crippen LogP contribution in [-0.2, 0) is 0 Å². The lowest BCUT2D eigenvalue weighted by Gasteiger charge is -2.26. The Kier molecular flexibility index (Phi) is 7.29. The molecule has 0 unspecified atom stereocenters. The zero-order valence-electron chi connectivity index (χ0n) is 9.53. The van der Waals surface area contributed by atoms with E-state index in [9.17, 15) is 0 Å². The Morgan fingerprint density at radius 2 is 1.23 bits per heavy atom. The monoisotopic (exact) mass is 186 g/mol. The van der Waals surface area contributed by atoms with Crippen LogP contribution in [0.5, 0.6) is 0 Å². The van der Waals surface area contributed by atoms with Crippen molar-refractivity contribution in [2.24, 2.45) is 11.3 Å². The van der Waals surface area contributed by atoms with Crippen LogP contribution in [-0.4, -0.2) is 7.05 Å². The molecule has 2 nitrogen and oxygen atoms in total. The molecule has 0 saturated heterocycles. The van der Waals surface area contributed by atoms with Crippen LogP contribution in [0, 0.1) is 5.41 Å². The first-order valence-electron chi connectivity index (χ1n) is 5.50. The van der Waals surface area contributed by atoms with E-state index < -0.39 is 0 Å². The van der Waals surface area contributed by atoms with Crippen molar-refractivity contribution in [1.82, 2.24) is 5.43 Å². The van der Waals surface area contributed by atoms with Gasteiger partial charge in [0, 0.05) is 0 Å². The van der Waals surface area contributed by atoms with E-state index in [1.807, 2.05) is 0 Å². The smallest absolute Gasteiger partial charge is 0.00172 e. The molecule has 0 spiro atoms. The minimum atomic E-state index is 0.653. The number of hydrazine groups is 1. The molecular weight excluding hydrogens is 160 g/mol. The Bertz CT molecular complexity index is 101. The average Bonchev–Trinajstić information content (AvgIpc) is 2.00. The van der Waals surface area contributed by atoms with Crippen molar-refractivity contribution in [2.75, 3.05) is 7.05 Å². The predicted molar refractivity (Wildman–Crippen MR) is 59.3 cm³/mol. The molecule has 3 N–H and O–H groups in total. The molecule has 0 aromatic heterocycles. The zero-order chi connectivity index (χ0) is 10.2. The highest BCUT2D eigenvalue weighted by atomic mass is 15.2. The molecule has 0 aliphatic heterocycles. The van der Waals surface area contributed by atoms with Gasteiger partial charge in [-0.2, -0.15) is 0 Å². The maximum absolute atomic E-state index is 4.60. The SMILES string of the molecule is CC1(C)CCCCCCC1.CNN. The van der Waals surface area contributed by atoms with Crippen molar-refractivity contribution in [3.63, 3.8) is 0 Å². The van der Waals surface area contributed by atoms with Gasteiger partial charge in [0.15, 0.2) is 0 Å². The highest BCUT2D eigenvalue weighted by molar-refractivity contribution is 4.70. The summed E-state index contributed by atoms with van der Waals surface area (Å²) in [6.07, 6.45) is 10.3. The van der Waals surface area contributed by atoms with Crippen LogP contribution in [0.3, 0.4) is 0 Å². The molecule has 1 fully saturated rings. The van der Waals surface area contributed by atoms with Gasteiger partial charge in [0.05, 0.1) is 0 Å². The molecule has 1 aliphatic rings. The fourth-order valence-electron chi connectivity index (χ4n) is 1.86. The maximum Gasteiger partial charge on any atom is -0.00172 e. The number of hydrogen-bond donors (Lipinski definition) is 2. The maximum atomic E-state index is 4.60. The summed E-state index contributed by atoms with van der Waals surface area (Å²) >= 11 is 0. The number of rotatable bonds is 0. The predicted octanol–water partition coefficient (Wildman–Crippen LogP) is 2.84.